The number of aliphatic imine (C=N–C) groups is 1. The van der Waals surface area contributed by atoms with Crippen LogP contribution in [0.2, 0.25) is 0 Å². The van der Waals surface area contributed by atoms with E-state index in [9.17, 15) is 4.79 Å². The van der Waals surface area contributed by atoms with Crippen LogP contribution in [0, 0.1) is 0 Å². The lowest BCUT2D eigenvalue weighted by Crippen LogP contribution is -2.36. The maximum absolute atomic E-state index is 10.7. The minimum Gasteiger partial charge on any atom is -0.366 e. The molecule has 2 aliphatic rings. The predicted octanol–water partition coefficient (Wildman–Crippen LogP) is -1.25. The molecule has 5 heteroatoms. The van der Waals surface area contributed by atoms with Crippen LogP contribution in [0.5, 0.6) is 0 Å². The minimum atomic E-state index is -0.692. The van der Waals surface area contributed by atoms with Gasteiger partial charge in [0, 0.05) is 11.9 Å². The molecular weight excluding hydrogens is 158 g/mol. The van der Waals surface area contributed by atoms with Crippen molar-refractivity contribution in [3.05, 3.63) is 11.8 Å². The second-order valence-corrected chi connectivity index (χ2v) is 2.69. The number of ether oxygens (including phenoxy) is 1. The van der Waals surface area contributed by atoms with E-state index in [1.165, 1.54) is 0 Å². The first kappa shape index (κ1) is 7.30. The van der Waals surface area contributed by atoms with Crippen molar-refractivity contribution in [1.82, 2.24) is 5.32 Å². The Morgan fingerprint density at radius 2 is 2.67 bits per heavy atom. The van der Waals surface area contributed by atoms with Gasteiger partial charge in [0.1, 0.15) is 6.10 Å². The number of amides is 1. The minimum absolute atomic E-state index is 0.118. The standard InChI is InChI=1S/C7H9N3O2/c8-6(11)7-10-4-1-2-9-3-5(4)12-7/h1-2,5,7,10H,3H2,(H2,8,11). The molecule has 2 atom stereocenters. The van der Waals surface area contributed by atoms with Crippen molar-refractivity contribution in [1.29, 1.82) is 0 Å². The quantitative estimate of drug-likeness (QED) is 0.512. The average Bonchev–Trinajstić information content (AvgIpc) is 2.46. The van der Waals surface area contributed by atoms with Crippen LogP contribution in [0.15, 0.2) is 16.8 Å². The molecule has 2 heterocycles. The van der Waals surface area contributed by atoms with Gasteiger partial charge in [0.2, 0.25) is 6.23 Å². The number of primary amides is 1. The van der Waals surface area contributed by atoms with Gasteiger partial charge in [-0.15, -0.1) is 0 Å². The smallest absolute Gasteiger partial charge is 0.267 e. The molecule has 1 amide bonds. The van der Waals surface area contributed by atoms with Crippen LogP contribution in [0.25, 0.3) is 0 Å². The van der Waals surface area contributed by atoms with Crippen molar-refractivity contribution in [2.75, 3.05) is 6.54 Å². The molecule has 1 fully saturated rings. The molecule has 5 nitrogen and oxygen atoms in total. The van der Waals surface area contributed by atoms with Crippen LogP contribution in [-0.2, 0) is 9.53 Å². The number of nitrogens with one attached hydrogen (secondary N) is 1. The summed E-state index contributed by atoms with van der Waals surface area (Å²) >= 11 is 0. The van der Waals surface area contributed by atoms with Crippen LogP contribution < -0.4 is 11.1 Å². The van der Waals surface area contributed by atoms with E-state index in [1.54, 1.807) is 12.3 Å². The molecule has 0 aromatic carbocycles. The van der Waals surface area contributed by atoms with Gasteiger partial charge < -0.3 is 15.8 Å². The predicted molar refractivity (Wildman–Crippen MR) is 42.4 cm³/mol. The van der Waals surface area contributed by atoms with Crippen molar-refractivity contribution in [2.45, 2.75) is 12.3 Å². The lowest BCUT2D eigenvalue weighted by atomic mass is 10.2. The van der Waals surface area contributed by atoms with E-state index in [1.807, 2.05) is 0 Å². The molecule has 0 spiro atoms. The number of nitrogens with two attached hydrogens (primary N) is 1. The number of carbonyl (C=O) groups excluding carboxylic acids is 1. The van der Waals surface area contributed by atoms with Crippen molar-refractivity contribution < 1.29 is 9.53 Å². The van der Waals surface area contributed by atoms with E-state index in [4.69, 9.17) is 10.5 Å². The van der Waals surface area contributed by atoms with Crippen molar-refractivity contribution in [2.24, 2.45) is 10.7 Å². The largest absolute Gasteiger partial charge is 0.366 e. The molecular formula is C7H9N3O2. The van der Waals surface area contributed by atoms with Gasteiger partial charge in [-0.3, -0.25) is 9.79 Å². The number of fused-ring (bicyclic) bond motifs is 1. The van der Waals surface area contributed by atoms with Crippen molar-refractivity contribution >= 4 is 12.1 Å². The van der Waals surface area contributed by atoms with Crippen LogP contribution in [-0.4, -0.2) is 31.0 Å². The third kappa shape index (κ3) is 1.08. The third-order valence-corrected chi connectivity index (χ3v) is 1.83. The fraction of sp³-hybridized carbons (Fsp3) is 0.429. The lowest BCUT2D eigenvalue weighted by Gasteiger charge is -2.08. The molecule has 0 aliphatic carbocycles. The molecule has 0 aromatic heterocycles. The van der Waals surface area contributed by atoms with Gasteiger partial charge in [0.15, 0.2) is 0 Å². The summed E-state index contributed by atoms with van der Waals surface area (Å²) in [5.74, 6) is -0.495. The highest BCUT2D eigenvalue weighted by atomic mass is 16.5. The zero-order chi connectivity index (χ0) is 8.55. The monoisotopic (exact) mass is 167 g/mol. The van der Waals surface area contributed by atoms with E-state index in [2.05, 4.69) is 10.3 Å². The first-order chi connectivity index (χ1) is 5.77. The van der Waals surface area contributed by atoms with E-state index < -0.39 is 12.1 Å². The number of hydrogen-bond acceptors (Lipinski definition) is 4. The summed E-state index contributed by atoms with van der Waals surface area (Å²) in [6.45, 7) is 0.558. The molecule has 12 heavy (non-hydrogen) atoms. The summed E-state index contributed by atoms with van der Waals surface area (Å²) in [6, 6.07) is 0. The first-order valence-electron chi connectivity index (χ1n) is 3.68. The number of hydrogen-bond donors (Lipinski definition) is 2. The molecule has 0 bridgehead atoms. The summed E-state index contributed by atoms with van der Waals surface area (Å²) in [5, 5.41) is 2.87. The van der Waals surface area contributed by atoms with E-state index in [0.29, 0.717) is 6.54 Å². The molecule has 3 N–H and O–H groups in total. The van der Waals surface area contributed by atoms with Crippen LogP contribution in [0.3, 0.4) is 0 Å². The highest BCUT2D eigenvalue weighted by molar-refractivity contribution is 5.80. The van der Waals surface area contributed by atoms with Gasteiger partial charge in [-0.1, -0.05) is 0 Å². The lowest BCUT2D eigenvalue weighted by molar-refractivity contribution is -0.129. The maximum Gasteiger partial charge on any atom is 0.267 e. The van der Waals surface area contributed by atoms with Crippen LogP contribution in [0.1, 0.15) is 0 Å². The summed E-state index contributed by atoms with van der Waals surface area (Å²) < 4.78 is 5.26. The zero-order valence-electron chi connectivity index (χ0n) is 6.36. The maximum atomic E-state index is 10.7. The second kappa shape index (κ2) is 2.60. The van der Waals surface area contributed by atoms with Crippen LogP contribution in [0.4, 0.5) is 0 Å². The molecule has 0 aromatic rings. The summed E-state index contributed by atoms with van der Waals surface area (Å²) in [6.07, 6.45) is 2.67. The Bertz CT molecular complexity index is 272. The van der Waals surface area contributed by atoms with Gasteiger partial charge in [0.25, 0.3) is 5.91 Å². The molecule has 0 saturated carbocycles. The molecule has 2 rings (SSSR count). The average molecular weight is 167 g/mol. The normalized spacial score (nSPS) is 32.2. The van der Waals surface area contributed by atoms with Crippen LogP contribution >= 0.6 is 0 Å². The van der Waals surface area contributed by atoms with Gasteiger partial charge in [0.05, 0.1) is 6.54 Å². The summed E-state index contributed by atoms with van der Waals surface area (Å²) in [4.78, 5) is 14.7. The first-order valence-corrected chi connectivity index (χ1v) is 3.68. The van der Waals surface area contributed by atoms with E-state index >= 15 is 0 Å². The highest BCUT2D eigenvalue weighted by Gasteiger charge is 2.32. The summed E-state index contributed by atoms with van der Waals surface area (Å²) in [7, 11) is 0. The van der Waals surface area contributed by atoms with Gasteiger partial charge >= 0.3 is 0 Å². The second-order valence-electron chi connectivity index (χ2n) is 2.69. The Balaban J connectivity index is 2.12. The number of dihydropyridines is 1. The SMILES string of the molecule is NC(=O)C1NC2=CC=NCC2O1. The van der Waals surface area contributed by atoms with Gasteiger partial charge in [-0.25, -0.2) is 0 Å². The zero-order valence-corrected chi connectivity index (χ0v) is 6.36. The molecule has 1 saturated heterocycles. The van der Waals surface area contributed by atoms with Crippen molar-refractivity contribution in [3.63, 3.8) is 0 Å². The Morgan fingerprint density at radius 1 is 1.83 bits per heavy atom. The van der Waals surface area contributed by atoms with E-state index in [-0.39, 0.29) is 6.10 Å². The molecule has 0 radical (unpaired) electrons. The fourth-order valence-electron chi connectivity index (χ4n) is 1.24. The Kier molecular flexibility index (Phi) is 1.58. The summed E-state index contributed by atoms with van der Waals surface area (Å²) in [5.41, 5.74) is 5.94. The number of rotatable bonds is 1. The van der Waals surface area contributed by atoms with E-state index in [0.717, 1.165) is 5.70 Å². The Morgan fingerprint density at radius 3 is 3.33 bits per heavy atom. The highest BCUT2D eigenvalue weighted by Crippen LogP contribution is 2.17. The third-order valence-electron chi connectivity index (χ3n) is 1.83. The fourth-order valence-corrected chi connectivity index (χ4v) is 1.24. The number of nitrogens with zero attached hydrogens (tertiary/aromatic N) is 1. The Hall–Kier alpha value is -1.36. The topological polar surface area (TPSA) is 76.7 Å². The molecule has 2 aliphatic heterocycles. The molecule has 64 valence electrons. The van der Waals surface area contributed by atoms with Gasteiger partial charge in [-0.2, -0.15) is 0 Å². The molecule has 2 unspecified atom stereocenters. The van der Waals surface area contributed by atoms with Crippen molar-refractivity contribution in [3.8, 4) is 0 Å². The number of carbonyl (C=O) groups is 1. The number of allylic oxidation sites excluding steroid dienone is 1. The Labute approximate surface area is 69.3 Å². The van der Waals surface area contributed by atoms with Gasteiger partial charge in [-0.05, 0) is 6.08 Å².